The van der Waals surface area contributed by atoms with Crippen molar-refractivity contribution in [1.82, 2.24) is 14.8 Å². The highest BCUT2D eigenvalue weighted by atomic mass is 16.5. The number of hydrogen-bond donors (Lipinski definition) is 1. The van der Waals surface area contributed by atoms with Crippen LogP contribution in [0.2, 0.25) is 0 Å². The zero-order chi connectivity index (χ0) is 16.4. The van der Waals surface area contributed by atoms with E-state index in [-0.39, 0.29) is 5.69 Å². The van der Waals surface area contributed by atoms with E-state index in [4.69, 9.17) is 4.74 Å². The van der Waals surface area contributed by atoms with Crippen LogP contribution in [0.5, 0.6) is 11.5 Å². The number of nitrogens with zero attached hydrogens (tertiary/aromatic N) is 3. The van der Waals surface area contributed by atoms with E-state index < -0.39 is 0 Å². The summed E-state index contributed by atoms with van der Waals surface area (Å²) in [6.07, 6.45) is 0. The quantitative estimate of drug-likeness (QED) is 0.805. The van der Waals surface area contributed by atoms with E-state index in [2.05, 4.69) is 10.2 Å². The molecule has 6 heteroatoms. The monoisotopic (exact) mass is 310 g/mol. The van der Waals surface area contributed by atoms with Crippen molar-refractivity contribution in [3.05, 3.63) is 64.8 Å². The van der Waals surface area contributed by atoms with Crippen molar-refractivity contribution in [2.45, 2.75) is 6.92 Å². The number of anilines is 1. The number of nitrogens with one attached hydrogen (secondary N) is 1. The summed E-state index contributed by atoms with van der Waals surface area (Å²) in [6.45, 7) is 1.77. The molecule has 1 aromatic heterocycles. The van der Waals surface area contributed by atoms with Gasteiger partial charge in [0, 0.05) is 25.8 Å². The lowest BCUT2D eigenvalue weighted by Gasteiger charge is -2.14. The molecule has 0 fully saturated rings. The largest absolute Gasteiger partial charge is 0.457 e. The SMILES string of the molecule is Cc1n[nH]c(=O)n1-c1ccc(Oc2cccc(N(C)C)c2)cc1. The van der Waals surface area contributed by atoms with Crippen LogP contribution in [0.15, 0.2) is 53.3 Å². The van der Waals surface area contributed by atoms with Crippen molar-refractivity contribution in [1.29, 1.82) is 0 Å². The van der Waals surface area contributed by atoms with Crippen LogP contribution in [-0.2, 0) is 0 Å². The predicted molar refractivity (Wildman–Crippen MR) is 89.8 cm³/mol. The van der Waals surface area contributed by atoms with Gasteiger partial charge < -0.3 is 9.64 Å². The summed E-state index contributed by atoms with van der Waals surface area (Å²) in [6, 6.07) is 15.2. The number of H-pyrrole nitrogens is 1. The topological polar surface area (TPSA) is 63.1 Å². The number of hydrogen-bond acceptors (Lipinski definition) is 4. The molecule has 23 heavy (non-hydrogen) atoms. The minimum atomic E-state index is -0.255. The van der Waals surface area contributed by atoms with Crippen molar-refractivity contribution in [2.75, 3.05) is 19.0 Å². The van der Waals surface area contributed by atoms with Crippen molar-refractivity contribution in [3.8, 4) is 17.2 Å². The second-order valence-corrected chi connectivity index (χ2v) is 5.40. The fourth-order valence-corrected chi connectivity index (χ4v) is 2.30. The Labute approximate surface area is 134 Å². The lowest BCUT2D eigenvalue weighted by molar-refractivity contribution is 0.482. The predicted octanol–water partition coefficient (Wildman–Crippen LogP) is 2.73. The second kappa shape index (κ2) is 6.00. The number of benzene rings is 2. The minimum Gasteiger partial charge on any atom is -0.457 e. The van der Waals surface area contributed by atoms with Crippen LogP contribution in [0.1, 0.15) is 5.82 Å². The van der Waals surface area contributed by atoms with Crippen LogP contribution in [-0.4, -0.2) is 28.9 Å². The summed E-state index contributed by atoms with van der Waals surface area (Å²) < 4.78 is 7.37. The molecule has 0 radical (unpaired) electrons. The van der Waals surface area contributed by atoms with E-state index in [0.717, 1.165) is 17.1 Å². The lowest BCUT2D eigenvalue weighted by Crippen LogP contribution is -2.15. The highest BCUT2D eigenvalue weighted by Gasteiger charge is 2.07. The van der Waals surface area contributed by atoms with Crippen LogP contribution < -0.4 is 15.3 Å². The van der Waals surface area contributed by atoms with Gasteiger partial charge >= 0.3 is 5.69 Å². The standard InChI is InChI=1S/C17H18N4O2/c1-12-18-19-17(22)21(12)13-7-9-15(10-8-13)23-16-6-4-5-14(11-16)20(2)3/h4-11H,1-3H3,(H,19,22). The Hall–Kier alpha value is -3.02. The average molecular weight is 310 g/mol. The van der Waals surface area contributed by atoms with Crippen LogP contribution in [0.3, 0.4) is 0 Å². The smallest absolute Gasteiger partial charge is 0.347 e. The molecule has 0 aliphatic rings. The van der Waals surface area contributed by atoms with E-state index in [1.807, 2.05) is 67.5 Å². The molecule has 0 saturated carbocycles. The maximum Gasteiger partial charge on any atom is 0.347 e. The van der Waals surface area contributed by atoms with Gasteiger partial charge in [-0.05, 0) is 43.3 Å². The first-order chi connectivity index (χ1) is 11.0. The molecule has 1 N–H and O–H groups in total. The molecule has 0 aliphatic heterocycles. The van der Waals surface area contributed by atoms with Crippen molar-refractivity contribution in [3.63, 3.8) is 0 Å². The Morgan fingerprint density at radius 2 is 1.83 bits per heavy atom. The van der Waals surface area contributed by atoms with Crippen LogP contribution in [0.4, 0.5) is 5.69 Å². The molecule has 3 aromatic rings. The Kier molecular flexibility index (Phi) is 3.89. The molecule has 6 nitrogen and oxygen atoms in total. The van der Waals surface area contributed by atoms with Gasteiger partial charge in [0.15, 0.2) is 0 Å². The second-order valence-electron chi connectivity index (χ2n) is 5.40. The fraction of sp³-hybridized carbons (Fsp3) is 0.176. The van der Waals surface area contributed by atoms with Gasteiger partial charge in [-0.25, -0.2) is 14.5 Å². The van der Waals surface area contributed by atoms with Crippen molar-refractivity contribution in [2.24, 2.45) is 0 Å². The molecular weight excluding hydrogens is 292 g/mol. The van der Waals surface area contributed by atoms with Crippen LogP contribution >= 0.6 is 0 Å². The maximum atomic E-state index is 11.7. The Morgan fingerprint density at radius 3 is 2.43 bits per heavy atom. The van der Waals surface area contributed by atoms with Gasteiger partial charge in [-0.2, -0.15) is 5.10 Å². The molecule has 0 amide bonds. The number of ether oxygens (including phenoxy) is 1. The van der Waals surface area contributed by atoms with Gasteiger partial charge in [-0.1, -0.05) is 6.07 Å². The molecule has 1 heterocycles. The van der Waals surface area contributed by atoms with Crippen molar-refractivity contribution < 1.29 is 4.74 Å². The van der Waals surface area contributed by atoms with Gasteiger partial charge in [0.05, 0.1) is 5.69 Å². The first kappa shape index (κ1) is 14.9. The summed E-state index contributed by atoms with van der Waals surface area (Å²) >= 11 is 0. The normalized spacial score (nSPS) is 10.6. The average Bonchev–Trinajstić information content (AvgIpc) is 2.87. The van der Waals surface area contributed by atoms with E-state index >= 15 is 0 Å². The molecule has 3 rings (SSSR count). The summed E-state index contributed by atoms with van der Waals surface area (Å²) in [5.74, 6) is 2.09. The molecule has 0 aliphatic carbocycles. The lowest BCUT2D eigenvalue weighted by atomic mass is 10.2. The van der Waals surface area contributed by atoms with Gasteiger partial charge in [0.25, 0.3) is 0 Å². The third-order valence-corrected chi connectivity index (χ3v) is 3.50. The third kappa shape index (κ3) is 3.11. The van der Waals surface area contributed by atoms with Crippen molar-refractivity contribution >= 4 is 5.69 Å². The first-order valence-corrected chi connectivity index (χ1v) is 7.24. The van der Waals surface area contributed by atoms with E-state index in [1.165, 1.54) is 4.57 Å². The molecule has 0 bridgehead atoms. The zero-order valence-electron chi connectivity index (χ0n) is 13.3. The first-order valence-electron chi connectivity index (χ1n) is 7.24. The molecule has 2 aromatic carbocycles. The summed E-state index contributed by atoms with van der Waals surface area (Å²) in [5, 5.41) is 6.33. The van der Waals surface area contributed by atoms with E-state index in [9.17, 15) is 4.79 Å². The van der Waals surface area contributed by atoms with Gasteiger partial charge in [-0.3, -0.25) is 0 Å². The number of aromatic amines is 1. The molecule has 0 unspecified atom stereocenters. The van der Waals surface area contributed by atoms with E-state index in [0.29, 0.717) is 11.6 Å². The highest BCUT2D eigenvalue weighted by Crippen LogP contribution is 2.25. The maximum absolute atomic E-state index is 11.7. The van der Waals surface area contributed by atoms with Gasteiger partial charge in [0.2, 0.25) is 0 Å². The van der Waals surface area contributed by atoms with Crippen LogP contribution in [0.25, 0.3) is 5.69 Å². The van der Waals surface area contributed by atoms with E-state index in [1.54, 1.807) is 6.92 Å². The zero-order valence-corrected chi connectivity index (χ0v) is 13.3. The Balaban J connectivity index is 1.83. The summed E-state index contributed by atoms with van der Waals surface area (Å²) in [5.41, 5.74) is 1.56. The number of aryl methyl sites for hydroxylation is 1. The highest BCUT2D eigenvalue weighted by molar-refractivity contribution is 5.50. The summed E-state index contributed by atoms with van der Waals surface area (Å²) in [4.78, 5) is 13.7. The molecular formula is C17H18N4O2. The molecule has 0 atom stereocenters. The van der Waals surface area contributed by atoms with Crippen LogP contribution in [0, 0.1) is 6.92 Å². The minimum absolute atomic E-state index is 0.255. The van der Waals surface area contributed by atoms with Gasteiger partial charge in [0.1, 0.15) is 17.3 Å². The molecule has 0 saturated heterocycles. The molecule has 118 valence electrons. The summed E-state index contributed by atoms with van der Waals surface area (Å²) in [7, 11) is 3.97. The fourth-order valence-electron chi connectivity index (χ4n) is 2.30. The Bertz CT molecular complexity index is 863. The van der Waals surface area contributed by atoms with Gasteiger partial charge in [-0.15, -0.1) is 0 Å². The third-order valence-electron chi connectivity index (χ3n) is 3.50. The number of aromatic nitrogens is 3. The Morgan fingerprint density at radius 1 is 1.09 bits per heavy atom. The molecule has 0 spiro atoms. The number of rotatable bonds is 4.